The highest BCUT2D eigenvalue weighted by Gasteiger charge is 2.12. The standard InChI is InChI=1S/C10H9BrFN3/c11-8-5-14-10(15-8)9(13)6-2-1-3-7(12)4-6/h1-5,9H,13H2,(H,14,15). The third kappa shape index (κ3) is 2.24. The van der Waals surface area contributed by atoms with E-state index in [0.29, 0.717) is 11.4 Å². The lowest BCUT2D eigenvalue weighted by atomic mass is 10.1. The maximum absolute atomic E-state index is 13.0. The molecular weight excluding hydrogens is 261 g/mol. The van der Waals surface area contributed by atoms with Crippen molar-refractivity contribution >= 4 is 15.9 Å². The Labute approximate surface area is 94.7 Å². The van der Waals surface area contributed by atoms with E-state index in [1.807, 2.05) is 0 Å². The molecule has 1 heterocycles. The minimum absolute atomic E-state index is 0.298. The number of aromatic amines is 1. The molecule has 0 bridgehead atoms. The molecule has 0 fully saturated rings. The lowest BCUT2D eigenvalue weighted by Gasteiger charge is -2.08. The summed E-state index contributed by atoms with van der Waals surface area (Å²) >= 11 is 3.24. The molecular formula is C10H9BrFN3. The zero-order valence-electron chi connectivity index (χ0n) is 7.74. The minimum atomic E-state index is -0.438. The Hall–Kier alpha value is -1.20. The second kappa shape index (κ2) is 4.12. The summed E-state index contributed by atoms with van der Waals surface area (Å²) < 4.78 is 13.7. The summed E-state index contributed by atoms with van der Waals surface area (Å²) in [5, 5.41) is 0. The highest BCUT2D eigenvalue weighted by atomic mass is 79.9. The quantitative estimate of drug-likeness (QED) is 0.880. The third-order valence-corrected chi connectivity index (χ3v) is 2.47. The van der Waals surface area contributed by atoms with E-state index in [1.165, 1.54) is 12.1 Å². The van der Waals surface area contributed by atoms with E-state index >= 15 is 0 Å². The van der Waals surface area contributed by atoms with Crippen molar-refractivity contribution in [2.75, 3.05) is 0 Å². The van der Waals surface area contributed by atoms with Crippen LogP contribution in [0.25, 0.3) is 0 Å². The van der Waals surface area contributed by atoms with Gasteiger partial charge in [-0.05, 0) is 33.6 Å². The van der Waals surface area contributed by atoms with Crippen molar-refractivity contribution < 1.29 is 4.39 Å². The van der Waals surface area contributed by atoms with Crippen molar-refractivity contribution in [3.63, 3.8) is 0 Å². The fraction of sp³-hybridized carbons (Fsp3) is 0.100. The van der Waals surface area contributed by atoms with Crippen LogP contribution in [0.2, 0.25) is 0 Å². The average Bonchev–Trinajstić information content (AvgIpc) is 2.64. The van der Waals surface area contributed by atoms with Crippen LogP contribution >= 0.6 is 15.9 Å². The van der Waals surface area contributed by atoms with Crippen molar-refractivity contribution in [2.24, 2.45) is 5.73 Å². The van der Waals surface area contributed by atoms with Gasteiger partial charge >= 0.3 is 0 Å². The van der Waals surface area contributed by atoms with Gasteiger partial charge in [-0.25, -0.2) is 9.37 Å². The van der Waals surface area contributed by atoms with Crippen molar-refractivity contribution in [1.29, 1.82) is 0 Å². The number of hydrogen-bond acceptors (Lipinski definition) is 2. The van der Waals surface area contributed by atoms with E-state index in [9.17, 15) is 4.39 Å². The lowest BCUT2D eigenvalue weighted by Crippen LogP contribution is -2.13. The predicted molar refractivity (Wildman–Crippen MR) is 58.7 cm³/mol. The molecule has 0 spiro atoms. The Morgan fingerprint density at radius 1 is 1.47 bits per heavy atom. The maximum atomic E-state index is 13.0. The summed E-state index contributed by atoms with van der Waals surface area (Å²) in [5.74, 6) is 0.307. The van der Waals surface area contributed by atoms with Gasteiger partial charge in [-0.15, -0.1) is 0 Å². The molecule has 15 heavy (non-hydrogen) atoms. The van der Waals surface area contributed by atoms with Gasteiger partial charge in [-0.3, -0.25) is 0 Å². The van der Waals surface area contributed by atoms with Gasteiger partial charge in [0.25, 0.3) is 0 Å². The van der Waals surface area contributed by atoms with Gasteiger partial charge in [-0.2, -0.15) is 0 Å². The van der Waals surface area contributed by atoms with Crippen molar-refractivity contribution in [1.82, 2.24) is 9.97 Å². The minimum Gasteiger partial charge on any atom is -0.335 e. The zero-order valence-corrected chi connectivity index (χ0v) is 9.33. The number of nitrogens with one attached hydrogen (secondary N) is 1. The first-order chi connectivity index (χ1) is 7.16. The van der Waals surface area contributed by atoms with Crippen LogP contribution in [-0.4, -0.2) is 9.97 Å². The summed E-state index contributed by atoms with van der Waals surface area (Å²) in [7, 11) is 0. The maximum Gasteiger partial charge on any atom is 0.128 e. The fourth-order valence-corrected chi connectivity index (χ4v) is 1.63. The second-order valence-corrected chi connectivity index (χ2v) is 4.00. The Morgan fingerprint density at radius 2 is 2.27 bits per heavy atom. The molecule has 0 aliphatic heterocycles. The van der Waals surface area contributed by atoms with E-state index in [1.54, 1.807) is 18.3 Å². The number of halogens is 2. The molecule has 78 valence electrons. The number of imidazole rings is 1. The molecule has 3 N–H and O–H groups in total. The Kier molecular flexibility index (Phi) is 2.83. The van der Waals surface area contributed by atoms with Crippen LogP contribution in [0.15, 0.2) is 35.1 Å². The third-order valence-electron chi connectivity index (χ3n) is 2.07. The lowest BCUT2D eigenvalue weighted by molar-refractivity contribution is 0.622. The molecule has 0 saturated heterocycles. The number of nitrogens with two attached hydrogens (primary N) is 1. The van der Waals surface area contributed by atoms with E-state index in [4.69, 9.17) is 5.73 Å². The molecule has 2 aromatic rings. The van der Waals surface area contributed by atoms with Crippen LogP contribution in [-0.2, 0) is 0 Å². The Bertz CT molecular complexity index is 469. The smallest absolute Gasteiger partial charge is 0.128 e. The molecule has 0 amide bonds. The fourth-order valence-electron chi connectivity index (χ4n) is 1.33. The predicted octanol–water partition coefficient (Wildman–Crippen LogP) is 2.36. The normalized spacial score (nSPS) is 12.7. The summed E-state index contributed by atoms with van der Waals surface area (Å²) in [5.41, 5.74) is 6.61. The summed E-state index contributed by atoms with van der Waals surface area (Å²) in [4.78, 5) is 7.02. The Balaban J connectivity index is 2.32. The van der Waals surface area contributed by atoms with Gasteiger partial charge < -0.3 is 10.7 Å². The molecule has 1 aromatic heterocycles. The van der Waals surface area contributed by atoms with Crippen LogP contribution in [0, 0.1) is 5.82 Å². The van der Waals surface area contributed by atoms with Gasteiger partial charge in [0.2, 0.25) is 0 Å². The highest BCUT2D eigenvalue weighted by Crippen LogP contribution is 2.18. The SMILES string of the molecule is NC(c1cccc(F)c1)c1ncc(Br)[nH]1. The molecule has 1 unspecified atom stereocenters. The van der Waals surface area contributed by atoms with Crippen LogP contribution in [0.3, 0.4) is 0 Å². The largest absolute Gasteiger partial charge is 0.335 e. The molecule has 5 heteroatoms. The molecule has 1 atom stereocenters. The molecule has 3 nitrogen and oxygen atoms in total. The van der Waals surface area contributed by atoms with E-state index in [0.717, 1.165) is 4.60 Å². The first-order valence-electron chi connectivity index (χ1n) is 4.38. The van der Waals surface area contributed by atoms with Gasteiger partial charge in [0.15, 0.2) is 0 Å². The van der Waals surface area contributed by atoms with E-state index in [-0.39, 0.29) is 5.82 Å². The van der Waals surface area contributed by atoms with Crippen molar-refractivity contribution in [3.05, 3.63) is 52.3 Å². The van der Waals surface area contributed by atoms with Crippen LogP contribution < -0.4 is 5.73 Å². The second-order valence-electron chi connectivity index (χ2n) is 3.15. The highest BCUT2D eigenvalue weighted by molar-refractivity contribution is 9.10. The van der Waals surface area contributed by atoms with Gasteiger partial charge in [0.05, 0.1) is 12.2 Å². The molecule has 0 aliphatic carbocycles. The first kappa shape index (κ1) is 10.3. The molecule has 1 aromatic carbocycles. The number of nitrogens with zero attached hydrogens (tertiary/aromatic N) is 1. The number of H-pyrrole nitrogens is 1. The van der Waals surface area contributed by atoms with Crippen LogP contribution in [0.5, 0.6) is 0 Å². The molecule has 2 rings (SSSR count). The number of rotatable bonds is 2. The van der Waals surface area contributed by atoms with E-state index in [2.05, 4.69) is 25.9 Å². The summed E-state index contributed by atoms with van der Waals surface area (Å²) in [6, 6.07) is 5.74. The molecule has 0 radical (unpaired) electrons. The number of hydrogen-bond donors (Lipinski definition) is 2. The Morgan fingerprint density at radius 3 is 2.87 bits per heavy atom. The summed E-state index contributed by atoms with van der Waals surface area (Å²) in [6.45, 7) is 0. The summed E-state index contributed by atoms with van der Waals surface area (Å²) in [6.07, 6.45) is 1.62. The number of benzene rings is 1. The first-order valence-corrected chi connectivity index (χ1v) is 5.17. The number of aromatic nitrogens is 2. The zero-order chi connectivity index (χ0) is 10.8. The molecule has 0 saturated carbocycles. The molecule has 0 aliphatic rings. The van der Waals surface area contributed by atoms with Gasteiger partial charge in [-0.1, -0.05) is 12.1 Å². The van der Waals surface area contributed by atoms with Gasteiger partial charge in [0.1, 0.15) is 16.2 Å². The van der Waals surface area contributed by atoms with Crippen molar-refractivity contribution in [2.45, 2.75) is 6.04 Å². The average molecular weight is 270 g/mol. The van der Waals surface area contributed by atoms with Gasteiger partial charge in [0, 0.05) is 0 Å². The monoisotopic (exact) mass is 269 g/mol. The van der Waals surface area contributed by atoms with Crippen LogP contribution in [0.4, 0.5) is 4.39 Å². The van der Waals surface area contributed by atoms with Crippen LogP contribution in [0.1, 0.15) is 17.4 Å². The van der Waals surface area contributed by atoms with E-state index < -0.39 is 6.04 Å². The van der Waals surface area contributed by atoms with Crippen molar-refractivity contribution in [3.8, 4) is 0 Å². The topological polar surface area (TPSA) is 54.7 Å².